The molecule has 0 aliphatic carbocycles. The molecule has 0 saturated heterocycles. The first-order chi connectivity index (χ1) is 12.3. The van der Waals surface area contributed by atoms with Gasteiger partial charge in [0.2, 0.25) is 0 Å². The molecule has 2 rings (SSSR count). The van der Waals surface area contributed by atoms with Crippen LogP contribution < -0.4 is 4.74 Å². The summed E-state index contributed by atoms with van der Waals surface area (Å²) in [6.07, 6.45) is 1.49. The van der Waals surface area contributed by atoms with Gasteiger partial charge in [0.15, 0.2) is 5.78 Å². The van der Waals surface area contributed by atoms with Gasteiger partial charge in [-0.2, -0.15) is 0 Å². The van der Waals surface area contributed by atoms with Gasteiger partial charge in [0.25, 0.3) is 0 Å². The molecule has 0 aliphatic heterocycles. The lowest BCUT2D eigenvalue weighted by Crippen LogP contribution is -2.07. The van der Waals surface area contributed by atoms with Gasteiger partial charge >= 0.3 is 5.97 Å². The summed E-state index contributed by atoms with van der Waals surface area (Å²) in [7, 11) is 0. The van der Waals surface area contributed by atoms with Crippen LogP contribution in [0.1, 0.15) is 60.2 Å². The zero-order chi connectivity index (χ0) is 19.3. The van der Waals surface area contributed by atoms with Crippen LogP contribution in [0.5, 0.6) is 11.5 Å². The Morgan fingerprint density at radius 3 is 2.31 bits per heavy atom. The number of aromatic hydroxyl groups is 1. The first-order valence-corrected chi connectivity index (χ1v) is 8.65. The molecule has 1 atom stereocenters. The fourth-order valence-electron chi connectivity index (χ4n) is 2.78. The summed E-state index contributed by atoms with van der Waals surface area (Å²) >= 11 is 0. The van der Waals surface area contributed by atoms with Crippen molar-refractivity contribution in [3.8, 4) is 11.5 Å². The predicted molar refractivity (Wildman–Crippen MR) is 98.9 cm³/mol. The normalized spacial score (nSPS) is 11.8. The third-order valence-corrected chi connectivity index (χ3v) is 4.40. The van der Waals surface area contributed by atoms with Gasteiger partial charge in [0, 0.05) is 5.56 Å². The number of Topliss-reactive ketones (excluding diaryl/α,β-unsaturated/α-hetero) is 1. The zero-order valence-corrected chi connectivity index (χ0v) is 15.3. The number of carbonyl (C=O) groups excluding carboxylic acids is 1. The highest BCUT2D eigenvalue weighted by Gasteiger charge is 2.16. The van der Waals surface area contributed by atoms with E-state index in [9.17, 15) is 14.7 Å². The van der Waals surface area contributed by atoms with E-state index >= 15 is 0 Å². The number of ether oxygens (including phenoxy) is 1. The van der Waals surface area contributed by atoms with Crippen molar-refractivity contribution >= 4 is 11.8 Å². The highest BCUT2D eigenvalue weighted by atomic mass is 16.5. The molecule has 2 aromatic rings. The lowest BCUT2D eigenvalue weighted by atomic mass is 9.97. The number of phenols is 1. The standard InChI is InChI=1S/C21H24O5/c1-4-5-19-16(8-11-18(14(3)22)20(19)23)12-26-17-9-6-15(7-10-17)13(2)21(24)25/h6-11,13,23H,4-5,12H2,1-3H3,(H,24,25). The summed E-state index contributed by atoms with van der Waals surface area (Å²) in [5.74, 6) is -0.967. The van der Waals surface area contributed by atoms with Crippen molar-refractivity contribution < 1.29 is 24.5 Å². The summed E-state index contributed by atoms with van der Waals surface area (Å²) in [6.45, 7) is 5.33. The Morgan fingerprint density at radius 2 is 1.77 bits per heavy atom. The lowest BCUT2D eigenvalue weighted by Gasteiger charge is -2.15. The Labute approximate surface area is 153 Å². The Balaban J connectivity index is 2.17. The second-order valence-electron chi connectivity index (χ2n) is 6.32. The smallest absolute Gasteiger partial charge is 0.310 e. The molecule has 0 aliphatic rings. The maximum atomic E-state index is 11.6. The largest absolute Gasteiger partial charge is 0.507 e. The predicted octanol–water partition coefficient (Wildman–Crippen LogP) is 4.31. The van der Waals surface area contributed by atoms with Crippen molar-refractivity contribution in [2.75, 3.05) is 0 Å². The summed E-state index contributed by atoms with van der Waals surface area (Å²) < 4.78 is 5.79. The number of benzene rings is 2. The van der Waals surface area contributed by atoms with E-state index in [1.165, 1.54) is 6.92 Å². The van der Waals surface area contributed by atoms with Crippen LogP contribution in [0.2, 0.25) is 0 Å². The molecule has 0 radical (unpaired) electrons. The van der Waals surface area contributed by atoms with Crippen LogP contribution in [-0.2, 0) is 17.8 Å². The van der Waals surface area contributed by atoms with Crippen molar-refractivity contribution in [2.24, 2.45) is 0 Å². The second-order valence-corrected chi connectivity index (χ2v) is 6.32. The van der Waals surface area contributed by atoms with Gasteiger partial charge in [0.05, 0.1) is 11.5 Å². The van der Waals surface area contributed by atoms with Crippen LogP contribution in [0.4, 0.5) is 0 Å². The highest BCUT2D eigenvalue weighted by molar-refractivity contribution is 5.97. The number of aliphatic carboxylic acids is 1. The topological polar surface area (TPSA) is 83.8 Å². The summed E-state index contributed by atoms with van der Waals surface area (Å²) in [6, 6.07) is 10.4. The van der Waals surface area contributed by atoms with Gasteiger partial charge in [-0.25, -0.2) is 0 Å². The molecule has 0 bridgehead atoms. The Kier molecular flexibility index (Phi) is 6.39. The molecule has 26 heavy (non-hydrogen) atoms. The number of rotatable bonds is 8. The lowest BCUT2D eigenvalue weighted by molar-refractivity contribution is -0.138. The minimum atomic E-state index is -0.871. The average molecular weight is 356 g/mol. The average Bonchev–Trinajstić information content (AvgIpc) is 2.61. The summed E-state index contributed by atoms with van der Waals surface area (Å²) in [5, 5.41) is 19.4. The highest BCUT2D eigenvalue weighted by Crippen LogP contribution is 2.29. The molecule has 0 saturated carbocycles. The van der Waals surface area contributed by atoms with E-state index in [2.05, 4.69) is 0 Å². The van der Waals surface area contributed by atoms with E-state index in [1.807, 2.05) is 13.0 Å². The van der Waals surface area contributed by atoms with Crippen LogP contribution in [-0.4, -0.2) is 22.0 Å². The number of hydrogen-bond donors (Lipinski definition) is 2. The molecule has 0 heterocycles. The molecule has 5 nitrogen and oxygen atoms in total. The molecule has 0 fully saturated rings. The summed E-state index contributed by atoms with van der Waals surface area (Å²) in [4.78, 5) is 22.6. The van der Waals surface area contributed by atoms with Gasteiger partial charge in [-0.15, -0.1) is 0 Å². The molecular formula is C21H24O5. The Bertz CT molecular complexity index is 793. The monoisotopic (exact) mass is 356 g/mol. The van der Waals surface area contributed by atoms with E-state index in [4.69, 9.17) is 9.84 Å². The molecule has 138 valence electrons. The summed E-state index contributed by atoms with van der Waals surface area (Å²) in [5.41, 5.74) is 2.60. The fourth-order valence-corrected chi connectivity index (χ4v) is 2.78. The zero-order valence-electron chi connectivity index (χ0n) is 15.3. The first kappa shape index (κ1) is 19.5. The molecule has 5 heteroatoms. The van der Waals surface area contributed by atoms with E-state index < -0.39 is 11.9 Å². The Hall–Kier alpha value is -2.82. The van der Waals surface area contributed by atoms with Crippen molar-refractivity contribution in [3.05, 3.63) is 58.7 Å². The number of carbonyl (C=O) groups is 2. The second kappa shape index (κ2) is 8.52. The van der Waals surface area contributed by atoms with E-state index in [0.717, 1.165) is 17.5 Å². The van der Waals surface area contributed by atoms with Gasteiger partial charge < -0.3 is 14.9 Å². The van der Waals surface area contributed by atoms with Gasteiger partial charge in [-0.1, -0.05) is 31.5 Å². The minimum Gasteiger partial charge on any atom is -0.507 e. The quantitative estimate of drug-likeness (QED) is 0.688. The van der Waals surface area contributed by atoms with Crippen molar-refractivity contribution in [3.63, 3.8) is 0 Å². The molecule has 1 unspecified atom stereocenters. The van der Waals surface area contributed by atoms with Gasteiger partial charge in [0.1, 0.15) is 18.1 Å². The van der Waals surface area contributed by atoms with E-state index in [-0.39, 0.29) is 18.1 Å². The van der Waals surface area contributed by atoms with Crippen LogP contribution in [0.25, 0.3) is 0 Å². The Morgan fingerprint density at radius 1 is 1.12 bits per heavy atom. The van der Waals surface area contributed by atoms with Crippen LogP contribution >= 0.6 is 0 Å². The maximum absolute atomic E-state index is 11.6. The van der Waals surface area contributed by atoms with E-state index in [1.54, 1.807) is 37.3 Å². The molecule has 0 aromatic heterocycles. The maximum Gasteiger partial charge on any atom is 0.310 e. The van der Waals surface area contributed by atoms with Crippen LogP contribution in [0.15, 0.2) is 36.4 Å². The van der Waals surface area contributed by atoms with Gasteiger partial charge in [-0.05, 0) is 49.6 Å². The molecular weight excluding hydrogens is 332 g/mol. The minimum absolute atomic E-state index is 0.0334. The van der Waals surface area contributed by atoms with Crippen LogP contribution in [0, 0.1) is 0 Å². The number of phenolic OH excluding ortho intramolecular Hbond substituents is 1. The van der Waals surface area contributed by atoms with Crippen molar-refractivity contribution in [1.82, 2.24) is 0 Å². The molecule has 2 aromatic carbocycles. The molecule has 0 amide bonds. The van der Waals surface area contributed by atoms with Gasteiger partial charge in [-0.3, -0.25) is 9.59 Å². The number of carboxylic acids is 1. The third-order valence-electron chi connectivity index (χ3n) is 4.40. The molecule has 0 spiro atoms. The first-order valence-electron chi connectivity index (χ1n) is 8.65. The van der Waals surface area contributed by atoms with E-state index in [0.29, 0.717) is 23.3 Å². The molecule has 2 N–H and O–H groups in total. The van der Waals surface area contributed by atoms with Crippen molar-refractivity contribution in [1.29, 1.82) is 0 Å². The van der Waals surface area contributed by atoms with Crippen molar-refractivity contribution in [2.45, 2.75) is 46.1 Å². The fraction of sp³-hybridized carbons (Fsp3) is 0.333. The number of carboxylic acid groups (broad SMARTS) is 1. The third kappa shape index (κ3) is 4.42. The number of ketones is 1. The van der Waals surface area contributed by atoms with Crippen LogP contribution in [0.3, 0.4) is 0 Å². The number of hydrogen-bond acceptors (Lipinski definition) is 4. The SMILES string of the molecule is CCCc1c(COc2ccc(C(C)C(=O)O)cc2)ccc(C(C)=O)c1O.